The number of carbonyl (C=O) groups excluding carboxylic acids is 1. The Hall–Kier alpha value is -0.610. The molecule has 2 aliphatic rings. The molecule has 0 aliphatic carbocycles. The highest BCUT2D eigenvalue weighted by Gasteiger charge is 2.33. The average molecular weight is 241 g/mol. The Morgan fingerprint density at radius 3 is 2.53 bits per heavy atom. The number of aliphatic hydroxyl groups is 1. The van der Waals surface area contributed by atoms with E-state index < -0.39 is 0 Å². The molecule has 0 radical (unpaired) electrons. The molecule has 3 atom stereocenters. The first-order valence-corrected chi connectivity index (χ1v) is 6.66. The second-order valence-electron chi connectivity index (χ2n) is 5.48. The number of likely N-dealkylation sites (tertiary alicyclic amines) is 1. The fourth-order valence-corrected chi connectivity index (χ4v) is 2.85. The molecule has 1 N–H and O–H groups in total. The molecule has 3 unspecified atom stereocenters. The van der Waals surface area contributed by atoms with Gasteiger partial charge in [-0.05, 0) is 39.0 Å². The third-order valence-electron chi connectivity index (χ3n) is 4.08. The summed E-state index contributed by atoms with van der Waals surface area (Å²) in [6.07, 6.45) is 2.68. The second-order valence-corrected chi connectivity index (χ2v) is 5.48. The van der Waals surface area contributed by atoms with E-state index in [2.05, 4.69) is 0 Å². The Bertz CT molecular complexity index is 272. The van der Waals surface area contributed by atoms with Gasteiger partial charge in [0, 0.05) is 13.1 Å². The van der Waals surface area contributed by atoms with E-state index in [0.29, 0.717) is 12.5 Å². The van der Waals surface area contributed by atoms with Crippen LogP contribution in [-0.2, 0) is 9.53 Å². The first-order valence-electron chi connectivity index (χ1n) is 6.66. The molecule has 0 aromatic heterocycles. The zero-order chi connectivity index (χ0) is 12.4. The van der Waals surface area contributed by atoms with Crippen molar-refractivity contribution in [2.45, 2.75) is 45.3 Å². The topological polar surface area (TPSA) is 49.8 Å². The summed E-state index contributed by atoms with van der Waals surface area (Å²) in [5.41, 5.74) is 0. The van der Waals surface area contributed by atoms with Crippen molar-refractivity contribution in [3.8, 4) is 0 Å². The highest BCUT2D eigenvalue weighted by atomic mass is 16.5. The van der Waals surface area contributed by atoms with Crippen molar-refractivity contribution in [3.63, 3.8) is 0 Å². The van der Waals surface area contributed by atoms with Crippen LogP contribution in [0.5, 0.6) is 0 Å². The Morgan fingerprint density at radius 1 is 1.41 bits per heavy atom. The molecule has 2 aliphatic heterocycles. The van der Waals surface area contributed by atoms with Crippen LogP contribution in [0.1, 0.15) is 33.1 Å². The molecule has 0 bridgehead atoms. The van der Waals surface area contributed by atoms with Crippen LogP contribution >= 0.6 is 0 Å². The molecule has 2 heterocycles. The Balaban J connectivity index is 1.82. The van der Waals surface area contributed by atoms with E-state index in [4.69, 9.17) is 4.74 Å². The van der Waals surface area contributed by atoms with Crippen molar-refractivity contribution in [2.24, 2.45) is 11.8 Å². The van der Waals surface area contributed by atoms with E-state index >= 15 is 0 Å². The number of nitrogens with zero attached hydrogens (tertiary/aromatic N) is 1. The Labute approximate surface area is 103 Å². The quantitative estimate of drug-likeness (QED) is 0.785. The van der Waals surface area contributed by atoms with Gasteiger partial charge < -0.3 is 14.7 Å². The van der Waals surface area contributed by atoms with Crippen LogP contribution < -0.4 is 0 Å². The van der Waals surface area contributed by atoms with Gasteiger partial charge in [0.05, 0.1) is 24.7 Å². The predicted octanol–water partition coefficient (Wildman–Crippen LogP) is 1.03. The fourth-order valence-electron chi connectivity index (χ4n) is 2.85. The number of carbonyl (C=O) groups is 1. The number of piperidine rings is 1. The van der Waals surface area contributed by atoms with E-state index in [1.165, 1.54) is 0 Å². The maximum atomic E-state index is 12.2. The molecule has 98 valence electrons. The summed E-state index contributed by atoms with van der Waals surface area (Å²) in [6, 6.07) is 0. The first-order chi connectivity index (χ1) is 8.08. The summed E-state index contributed by atoms with van der Waals surface area (Å²) in [5, 5.41) is 9.52. The van der Waals surface area contributed by atoms with E-state index in [-0.39, 0.29) is 24.0 Å². The molecular weight excluding hydrogens is 218 g/mol. The predicted molar refractivity (Wildman–Crippen MR) is 64.5 cm³/mol. The summed E-state index contributed by atoms with van der Waals surface area (Å²) >= 11 is 0. The zero-order valence-corrected chi connectivity index (χ0v) is 10.8. The largest absolute Gasteiger partial charge is 0.393 e. The van der Waals surface area contributed by atoms with Crippen LogP contribution in [0.25, 0.3) is 0 Å². The highest BCUT2D eigenvalue weighted by Crippen LogP contribution is 2.25. The molecule has 2 fully saturated rings. The lowest BCUT2D eigenvalue weighted by Crippen LogP contribution is -2.43. The van der Waals surface area contributed by atoms with Gasteiger partial charge in [0.25, 0.3) is 0 Å². The van der Waals surface area contributed by atoms with Crippen molar-refractivity contribution in [3.05, 3.63) is 0 Å². The lowest BCUT2D eigenvalue weighted by Gasteiger charge is -2.34. The van der Waals surface area contributed by atoms with Gasteiger partial charge in [0.2, 0.25) is 5.91 Å². The number of amides is 1. The van der Waals surface area contributed by atoms with Crippen molar-refractivity contribution >= 4 is 5.91 Å². The van der Waals surface area contributed by atoms with Gasteiger partial charge in [-0.2, -0.15) is 0 Å². The highest BCUT2D eigenvalue weighted by molar-refractivity contribution is 5.79. The SMILES string of the molecule is CC1CC(C(=O)N2CCC(C(C)O)CC2)CO1. The first kappa shape index (κ1) is 12.8. The molecule has 4 nitrogen and oxygen atoms in total. The average Bonchev–Trinajstić information content (AvgIpc) is 2.75. The smallest absolute Gasteiger partial charge is 0.228 e. The monoisotopic (exact) mass is 241 g/mol. The van der Waals surface area contributed by atoms with Crippen molar-refractivity contribution in [1.29, 1.82) is 0 Å². The van der Waals surface area contributed by atoms with Gasteiger partial charge >= 0.3 is 0 Å². The Morgan fingerprint density at radius 2 is 2.06 bits per heavy atom. The van der Waals surface area contributed by atoms with Crippen LogP contribution in [0, 0.1) is 11.8 Å². The van der Waals surface area contributed by atoms with Gasteiger partial charge in [-0.25, -0.2) is 0 Å². The summed E-state index contributed by atoms with van der Waals surface area (Å²) < 4.78 is 5.45. The third kappa shape index (κ3) is 2.99. The van der Waals surface area contributed by atoms with E-state index in [9.17, 15) is 9.90 Å². The van der Waals surface area contributed by atoms with E-state index in [1.54, 1.807) is 0 Å². The molecule has 0 aromatic rings. The van der Waals surface area contributed by atoms with Crippen LogP contribution in [0.3, 0.4) is 0 Å². The minimum atomic E-state index is -0.248. The summed E-state index contributed by atoms with van der Waals surface area (Å²) in [4.78, 5) is 14.2. The van der Waals surface area contributed by atoms with Crippen molar-refractivity contribution in [1.82, 2.24) is 4.90 Å². The molecule has 4 heteroatoms. The molecule has 1 amide bonds. The maximum Gasteiger partial charge on any atom is 0.228 e. The lowest BCUT2D eigenvalue weighted by molar-refractivity contribution is -0.137. The standard InChI is InChI=1S/C13H23NO3/c1-9-7-12(8-17-9)13(16)14-5-3-11(4-6-14)10(2)15/h9-12,15H,3-8H2,1-2H3. The van der Waals surface area contributed by atoms with Crippen LogP contribution in [-0.4, -0.2) is 47.8 Å². The molecular formula is C13H23NO3. The number of hydrogen-bond donors (Lipinski definition) is 1. The zero-order valence-electron chi connectivity index (χ0n) is 10.8. The molecule has 2 rings (SSSR count). The van der Waals surface area contributed by atoms with Gasteiger partial charge in [0.15, 0.2) is 0 Å². The maximum absolute atomic E-state index is 12.2. The minimum absolute atomic E-state index is 0.0631. The molecule has 0 aromatic carbocycles. The van der Waals surface area contributed by atoms with Crippen LogP contribution in [0.15, 0.2) is 0 Å². The molecule has 2 saturated heterocycles. The summed E-state index contributed by atoms with van der Waals surface area (Å²) in [6.45, 7) is 6.02. The van der Waals surface area contributed by atoms with Gasteiger partial charge in [-0.1, -0.05) is 0 Å². The van der Waals surface area contributed by atoms with Crippen LogP contribution in [0.2, 0.25) is 0 Å². The minimum Gasteiger partial charge on any atom is -0.393 e. The number of aliphatic hydroxyl groups excluding tert-OH is 1. The van der Waals surface area contributed by atoms with Gasteiger partial charge in [-0.3, -0.25) is 4.79 Å². The third-order valence-corrected chi connectivity index (χ3v) is 4.08. The molecule has 0 saturated carbocycles. The number of ether oxygens (including phenoxy) is 1. The van der Waals surface area contributed by atoms with E-state index in [0.717, 1.165) is 32.4 Å². The van der Waals surface area contributed by atoms with Gasteiger partial charge in [0.1, 0.15) is 0 Å². The van der Waals surface area contributed by atoms with Gasteiger partial charge in [-0.15, -0.1) is 0 Å². The normalized spacial score (nSPS) is 32.8. The molecule has 0 spiro atoms. The van der Waals surface area contributed by atoms with Crippen molar-refractivity contribution in [2.75, 3.05) is 19.7 Å². The van der Waals surface area contributed by atoms with E-state index in [1.807, 2.05) is 18.7 Å². The number of hydrogen-bond acceptors (Lipinski definition) is 3. The van der Waals surface area contributed by atoms with Crippen LogP contribution in [0.4, 0.5) is 0 Å². The summed E-state index contributed by atoms with van der Waals surface area (Å²) in [5.74, 6) is 0.671. The molecule has 17 heavy (non-hydrogen) atoms. The summed E-state index contributed by atoms with van der Waals surface area (Å²) in [7, 11) is 0. The Kier molecular flexibility index (Phi) is 4.05. The second kappa shape index (κ2) is 5.36. The number of rotatable bonds is 2. The fraction of sp³-hybridized carbons (Fsp3) is 0.923. The van der Waals surface area contributed by atoms with Crippen molar-refractivity contribution < 1.29 is 14.6 Å². The lowest BCUT2D eigenvalue weighted by atomic mass is 9.91.